The first-order valence-corrected chi connectivity index (χ1v) is 9.26. The van der Waals surface area contributed by atoms with E-state index in [1.54, 1.807) is 6.20 Å². The second kappa shape index (κ2) is 8.97. The lowest BCUT2D eigenvalue weighted by Crippen LogP contribution is -2.77. The average molecular weight is 380 g/mol. The van der Waals surface area contributed by atoms with Gasteiger partial charge in [-0.3, -0.25) is 9.78 Å². The smallest absolute Gasteiger partial charge is 0.259 e. The topological polar surface area (TPSA) is 90.4 Å². The molecule has 1 aromatic heterocycles. The molecule has 1 saturated heterocycles. The van der Waals surface area contributed by atoms with Crippen LogP contribution in [0.1, 0.15) is 25.0 Å². The number of carbonyl (C=O) groups excluding carboxylic acids is 1. The molecule has 150 valence electrons. The lowest BCUT2D eigenvalue weighted by Gasteiger charge is -2.54. The molecule has 27 heavy (non-hydrogen) atoms. The van der Waals surface area contributed by atoms with Crippen molar-refractivity contribution in [3.8, 4) is 5.75 Å². The summed E-state index contributed by atoms with van der Waals surface area (Å²) in [6.45, 7) is 0.482. The van der Waals surface area contributed by atoms with Crippen molar-refractivity contribution in [2.75, 3.05) is 41.0 Å². The van der Waals surface area contributed by atoms with Crippen LogP contribution in [0.2, 0.25) is 0 Å². The van der Waals surface area contributed by atoms with E-state index in [0.717, 1.165) is 18.1 Å². The fraction of sp³-hybridized carbons (Fsp3) is 0.684. The summed E-state index contributed by atoms with van der Waals surface area (Å²) in [4.78, 5) is 18.6. The maximum atomic E-state index is 12.8. The Morgan fingerprint density at radius 3 is 2.81 bits per heavy atom. The quantitative estimate of drug-likeness (QED) is 0.427. The first-order valence-electron chi connectivity index (χ1n) is 9.26. The van der Waals surface area contributed by atoms with Gasteiger partial charge in [0.05, 0.1) is 19.3 Å². The van der Waals surface area contributed by atoms with Crippen LogP contribution in [-0.2, 0) is 25.4 Å². The second-order valence-electron chi connectivity index (χ2n) is 7.07. The zero-order chi connectivity index (χ0) is 19.3. The highest BCUT2D eigenvalue weighted by Crippen LogP contribution is 2.38. The summed E-state index contributed by atoms with van der Waals surface area (Å²) in [5, 5.41) is 9.83. The molecule has 1 amide bonds. The molecule has 8 nitrogen and oxygen atoms in total. The average Bonchev–Trinajstić information content (AvgIpc) is 3.50. The molecular formula is C19H28N2O6. The van der Waals surface area contributed by atoms with E-state index in [9.17, 15) is 9.90 Å². The molecule has 0 bridgehead atoms. The Hall–Kier alpha value is -1.74. The fourth-order valence-corrected chi connectivity index (χ4v) is 3.47. The molecular weight excluding hydrogens is 352 g/mol. The summed E-state index contributed by atoms with van der Waals surface area (Å²) in [7, 11) is 2.99. The summed E-state index contributed by atoms with van der Waals surface area (Å²) in [6.07, 6.45) is 5.55. The van der Waals surface area contributed by atoms with Crippen LogP contribution in [0.25, 0.3) is 0 Å². The van der Waals surface area contributed by atoms with Crippen LogP contribution in [0.3, 0.4) is 0 Å². The molecule has 8 heteroatoms. The summed E-state index contributed by atoms with van der Waals surface area (Å²) < 4.78 is 21.6. The Labute approximate surface area is 159 Å². The number of aliphatic hydroxyl groups excluding tert-OH is 1. The molecule has 2 aliphatic rings. The van der Waals surface area contributed by atoms with Crippen LogP contribution in [0.15, 0.2) is 18.3 Å². The number of likely N-dealkylation sites (tertiary alicyclic amines) is 1. The Kier molecular flexibility index (Phi) is 6.64. The number of hydrogen-bond donors (Lipinski definition) is 1. The number of aromatic nitrogens is 1. The molecule has 2 heterocycles. The van der Waals surface area contributed by atoms with E-state index in [1.807, 2.05) is 12.1 Å². The van der Waals surface area contributed by atoms with E-state index in [0.29, 0.717) is 12.3 Å². The van der Waals surface area contributed by atoms with E-state index in [-0.39, 0.29) is 32.5 Å². The molecule has 0 spiro atoms. The molecule has 2 fully saturated rings. The van der Waals surface area contributed by atoms with Gasteiger partial charge in [-0.15, -0.1) is 0 Å². The molecule has 1 N–H and O–H groups in total. The van der Waals surface area contributed by atoms with Gasteiger partial charge in [-0.2, -0.15) is 0 Å². The van der Waals surface area contributed by atoms with Gasteiger partial charge in [0.1, 0.15) is 19.3 Å². The zero-order valence-electron chi connectivity index (χ0n) is 15.9. The van der Waals surface area contributed by atoms with Crippen LogP contribution in [0.5, 0.6) is 5.75 Å². The van der Waals surface area contributed by atoms with Crippen molar-refractivity contribution in [2.45, 2.75) is 37.3 Å². The largest absolute Gasteiger partial charge is 0.493 e. The SMILES string of the molecule is COCO[C@@]1(Cc2cc(OCCC3CC3)ccn2)C(=O)N(COC)[C@H]1CO. The Morgan fingerprint density at radius 1 is 1.33 bits per heavy atom. The highest BCUT2D eigenvalue weighted by Gasteiger charge is 2.62. The van der Waals surface area contributed by atoms with Crippen LogP contribution < -0.4 is 4.74 Å². The molecule has 1 saturated carbocycles. The second-order valence-corrected chi connectivity index (χ2v) is 7.07. The predicted molar refractivity (Wildman–Crippen MR) is 96.1 cm³/mol. The van der Waals surface area contributed by atoms with Crippen LogP contribution in [0, 0.1) is 5.92 Å². The Bertz CT molecular complexity index is 638. The summed E-state index contributed by atoms with van der Waals surface area (Å²) in [6, 6.07) is 3.11. The van der Waals surface area contributed by atoms with Gasteiger partial charge in [-0.1, -0.05) is 12.8 Å². The highest BCUT2D eigenvalue weighted by molar-refractivity contribution is 5.93. The Morgan fingerprint density at radius 2 is 2.15 bits per heavy atom. The van der Waals surface area contributed by atoms with Gasteiger partial charge in [-0.25, -0.2) is 0 Å². The fourth-order valence-electron chi connectivity index (χ4n) is 3.47. The van der Waals surface area contributed by atoms with Gasteiger partial charge in [0.25, 0.3) is 5.91 Å². The van der Waals surface area contributed by atoms with Gasteiger partial charge in [0.2, 0.25) is 0 Å². The standard InChI is InChI=1S/C19H28N2O6/c1-24-12-21-17(11-22)19(18(21)23,27-13-25-2)10-15-9-16(5-7-20-15)26-8-6-14-3-4-14/h5,7,9,14,17,22H,3-4,6,8,10-13H2,1-2H3/t17-,19+/m0/s1. The van der Waals surface area contributed by atoms with Crippen LogP contribution >= 0.6 is 0 Å². The first-order chi connectivity index (χ1) is 13.1. The molecule has 0 aromatic carbocycles. The van der Waals surface area contributed by atoms with Crippen LogP contribution in [-0.4, -0.2) is 73.5 Å². The number of rotatable bonds is 12. The zero-order valence-corrected chi connectivity index (χ0v) is 15.9. The van der Waals surface area contributed by atoms with Gasteiger partial charge in [-0.05, 0) is 18.4 Å². The normalized spacial score (nSPS) is 24.8. The number of hydrogen-bond acceptors (Lipinski definition) is 7. The van der Waals surface area contributed by atoms with E-state index in [2.05, 4.69) is 4.98 Å². The molecule has 1 aromatic rings. The number of aliphatic hydroxyl groups is 1. The number of β-lactam (4-membered cyclic amide) rings is 1. The van der Waals surface area contributed by atoms with Crippen molar-refractivity contribution in [3.63, 3.8) is 0 Å². The number of amides is 1. The minimum absolute atomic E-state index is 0.0549. The number of carbonyl (C=O) groups is 1. The molecule has 3 rings (SSSR count). The minimum Gasteiger partial charge on any atom is -0.493 e. The molecule has 1 aliphatic heterocycles. The van der Waals surface area contributed by atoms with Gasteiger partial charge < -0.3 is 29.0 Å². The lowest BCUT2D eigenvalue weighted by molar-refractivity contribution is -0.237. The number of methoxy groups -OCH3 is 2. The van der Waals surface area contributed by atoms with E-state index < -0.39 is 11.6 Å². The molecule has 0 unspecified atom stereocenters. The van der Waals surface area contributed by atoms with Gasteiger partial charge in [0, 0.05) is 38.6 Å². The number of pyridine rings is 1. The lowest BCUT2D eigenvalue weighted by atomic mass is 9.79. The van der Waals surface area contributed by atoms with Crippen molar-refractivity contribution in [1.82, 2.24) is 9.88 Å². The third-order valence-electron chi connectivity index (χ3n) is 5.14. The first kappa shape index (κ1) is 20.0. The predicted octanol–water partition coefficient (Wildman–Crippen LogP) is 0.969. The Balaban J connectivity index is 1.71. The van der Waals surface area contributed by atoms with Crippen molar-refractivity contribution in [1.29, 1.82) is 0 Å². The van der Waals surface area contributed by atoms with Crippen LogP contribution in [0.4, 0.5) is 0 Å². The van der Waals surface area contributed by atoms with Crippen molar-refractivity contribution in [3.05, 3.63) is 24.0 Å². The molecule has 1 aliphatic carbocycles. The minimum atomic E-state index is -1.22. The third-order valence-corrected chi connectivity index (χ3v) is 5.14. The van der Waals surface area contributed by atoms with E-state index in [4.69, 9.17) is 18.9 Å². The van der Waals surface area contributed by atoms with Crippen molar-refractivity contribution >= 4 is 5.91 Å². The maximum Gasteiger partial charge on any atom is 0.259 e. The van der Waals surface area contributed by atoms with Gasteiger partial charge >= 0.3 is 0 Å². The maximum absolute atomic E-state index is 12.8. The van der Waals surface area contributed by atoms with Gasteiger partial charge in [0.15, 0.2) is 5.60 Å². The number of nitrogens with zero attached hydrogens (tertiary/aromatic N) is 2. The summed E-state index contributed by atoms with van der Waals surface area (Å²) in [5.41, 5.74) is -0.554. The monoisotopic (exact) mass is 380 g/mol. The summed E-state index contributed by atoms with van der Waals surface area (Å²) in [5.74, 6) is 1.28. The number of ether oxygens (including phenoxy) is 4. The van der Waals surface area contributed by atoms with E-state index in [1.165, 1.54) is 32.0 Å². The highest BCUT2D eigenvalue weighted by atomic mass is 16.7. The summed E-state index contributed by atoms with van der Waals surface area (Å²) >= 11 is 0. The molecule has 2 atom stereocenters. The van der Waals surface area contributed by atoms with Crippen molar-refractivity contribution in [2.24, 2.45) is 5.92 Å². The van der Waals surface area contributed by atoms with Crippen molar-refractivity contribution < 1.29 is 28.8 Å². The van der Waals surface area contributed by atoms with E-state index >= 15 is 0 Å². The molecule has 0 radical (unpaired) electrons. The third kappa shape index (κ3) is 4.40.